The maximum Gasteiger partial charge on any atom is 0.355 e. The Balaban J connectivity index is 1.33. The number of thioether (sulfide) groups is 1. The van der Waals surface area contributed by atoms with Gasteiger partial charge >= 0.3 is 5.97 Å². The maximum absolute atomic E-state index is 12.8. The molecule has 4 rings (SSSR count). The summed E-state index contributed by atoms with van der Waals surface area (Å²) in [4.78, 5) is 49.5. The van der Waals surface area contributed by atoms with Crippen molar-refractivity contribution in [3.05, 3.63) is 80.5 Å². The number of esters is 1. The largest absolute Gasteiger partial charge is 0.484 e. The molecule has 10 nitrogen and oxygen atoms in total. The van der Waals surface area contributed by atoms with E-state index in [1.54, 1.807) is 31.2 Å². The Hall–Kier alpha value is -3.57. The number of halogens is 1. The number of hydrogen-bond donors (Lipinski definition) is 1. The number of β-lactam (4-membered cyclic amide) rings is 1. The van der Waals surface area contributed by atoms with Crippen molar-refractivity contribution in [2.75, 3.05) is 12.4 Å². The monoisotopic (exact) mass is 517 g/mol. The molecule has 1 N–H and O–H groups in total. The van der Waals surface area contributed by atoms with Crippen LogP contribution in [0.2, 0.25) is 5.02 Å². The molecule has 0 bridgehead atoms. The highest BCUT2D eigenvalue weighted by molar-refractivity contribution is 8.00. The van der Waals surface area contributed by atoms with Crippen molar-refractivity contribution in [2.24, 2.45) is 0 Å². The van der Waals surface area contributed by atoms with Crippen LogP contribution in [0.1, 0.15) is 12.5 Å². The molecule has 2 aliphatic heterocycles. The topological polar surface area (TPSA) is 128 Å². The van der Waals surface area contributed by atoms with E-state index >= 15 is 0 Å². The minimum absolute atomic E-state index is 0.0661. The zero-order valence-electron chi connectivity index (χ0n) is 18.4. The molecule has 12 heteroatoms. The molecular formula is C23H20ClN3O7S. The van der Waals surface area contributed by atoms with Gasteiger partial charge in [-0.05, 0) is 54.5 Å². The van der Waals surface area contributed by atoms with Crippen molar-refractivity contribution in [1.82, 2.24) is 10.2 Å². The number of nitro groups is 1. The van der Waals surface area contributed by atoms with Crippen LogP contribution in [0.3, 0.4) is 0 Å². The molecule has 2 aromatic rings. The molecule has 1 unspecified atom stereocenters. The smallest absolute Gasteiger partial charge is 0.355 e. The number of nitro benzene ring substituents is 1. The number of nitrogens with one attached hydrogen (secondary N) is 1. The van der Waals surface area contributed by atoms with Crippen LogP contribution in [0.15, 0.2) is 59.8 Å². The second-order valence-electron chi connectivity index (χ2n) is 7.83. The summed E-state index contributed by atoms with van der Waals surface area (Å²) in [5.41, 5.74) is 1.35. The lowest BCUT2D eigenvalue weighted by atomic mass is 10.0. The van der Waals surface area contributed by atoms with Crippen LogP contribution >= 0.6 is 23.4 Å². The van der Waals surface area contributed by atoms with Crippen molar-refractivity contribution < 1.29 is 28.8 Å². The van der Waals surface area contributed by atoms with Gasteiger partial charge in [0.2, 0.25) is 0 Å². The summed E-state index contributed by atoms with van der Waals surface area (Å²) < 4.78 is 10.8. The Morgan fingerprint density at radius 1 is 1.20 bits per heavy atom. The maximum atomic E-state index is 12.8. The van der Waals surface area contributed by atoms with Crippen molar-refractivity contribution in [2.45, 2.75) is 24.9 Å². The van der Waals surface area contributed by atoms with E-state index in [9.17, 15) is 24.5 Å². The van der Waals surface area contributed by atoms with E-state index in [0.717, 1.165) is 0 Å². The third-order valence-corrected chi connectivity index (χ3v) is 7.05. The number of nitrogens with zero attached hydrogens (tertiary/aromatic N) is 2. The normalized spacial score (nSPS) is 18.9. The van der Waals surface area contributed by atoms with Crippen LogP contribution in [0.4, 0.5) is 5.69 Å². The summed E-state index contributed by atoms with van der Waals surface area (Å²) in [6, 6.07) is 11.4. The lowest BCUT2D eigenvalue weighted by molar-refractivity contribution is -0.384. The molecule has 2 amide bonds. The fraction of sp³-hybridized carbons (Fsp3) is 0.261. The number of rotatable bonds is 8. The zero-order chi connectivity index (χ0) is 25.1. The number of ether oxygens (including phenoxy) is 2. The molecule has 0 aromatic heterocycles. The van der Waals surface area contributed by atoms with Gasteiger partial charge in [0, 0.05) is 22.9 Å². The summed E-state index contributed by atoms with van der Waals surface area (Å²) in [6.07, 6.45) is 0. The third-order valence-electron chi connectivity index (χ3n) is 5.37. The van der Waals surface area contributed by atoms with E-state index < -0.39 is 34.1 Å². The highest BCUT2D eigenvalue weighted by Gasteiger charge is 2.54. The molecular weight excluding hydrogens is 498 g/mol. The summed E-state index contributed by atoms with van der Waals surface area (Å²) >= 11 is 7.26. The van der Waals surface area contributed by atoms with Gasteiger partial charge in [0.05, 0.1) is 4.92 Å². The molecule has 2 aliphatic rings. The van der Waals surface area contributed by atoms with Crippen LogP contribution in [-0.4, -0.2) is 51.4 Å². The quantitative estimate of drug-likeness (QED) is 0.245. The number of non-ortho nitro benzene ring substituents is 1. The van der Waals surface area contributed by atoms with E-state index in [0.29, 0.717) is 27.7 Å². The number of benzene rings is 2. The molecule has 0 radical (unpaired) electrons. The molecule has 0 spiro atoms. The Kier molecular flexibility index (Phi) is 7.27. The van der Waals surface area contributed by atoms with Crippen LogP contribution in [0.5, 0.6) is 5.75 Å². The van der Waals surface area contributed by atoms with Gasteiger partial charge in [-0.2, -0.15) is 0 Å². The molecule has 0 saturated carbocycles. The van der Waals surface area contributed by atoms with E-state index in [-0.39, 0.29) is 24.6 Å². The van der Waals surface area contributed by atoms with Crippen LogP contribution in [0, 0.1) is 10.1 Å². The molecule has 0 aliphatic carbocycles. The van der Waals surface area contributed by atoms with Gasteiger partial charge in [0.25, 0.3) is 17.5 Å². The van der Waals surface area contributed by atoms with Gasteiger partial charge < -0.3 is 14.8 Å². The van der Waals surface area contributed by atoms with Crippen molar-refractivity contribution in [3.8, 4) is 5.75 Å². The number of fused-ring (bicyclic) bond motifs is 1. The van der Waals surface area contributed by atoms with Gasteiger partial charge in [-0.25, -0.2) is 4.79 Å². The summed E-state index contributed by atoms with van der Waals surface area (Å²) in [5.74, 6) is -0.592. The van der Waals surface area contributed by atoms with E-state index in [2.05, 4.69) is 5.32 Å². The lowest BCUT2D eigenvalue weighted by Gasteiger charge is -2.49. The minimum Gasteiger partial charge on any atom is -0.484 e. The third kappa shape index (κ3) is 5.41. The summed E-state index contributed by atoms with van der Waals surface area (Å²) in [5, 5.41) is 13.5. The first-order valence-electron chi connectivity index (χ1n) is 10.5. The Morgan fingerprint density at radius 3 is 2.54 bits per heavy atom. The summed E-state index contributed by atoms with van der Waals surface area (Å²) in [6.45, 7) is 1.36. The molecule has 2 heterocycles. The standard InChI is InChI=1S/C23H20ClN3O7S/c1-13-12-35-22-19(25-18(28)11-33-17-8-4-15(24)5-9-17)21(29)26(22)20(13)23(30)34-10-14-2-6-16(7-3-14)27(31)32/h2-9,19,22H,10-12H2,1H3,(H,25,28)/t19?,22-/m1/s1. The van der Waals surface area contributed by atoms with Crippen molar-refractivity contribution in [1.29, 1.82) is 0 Å². The highest BCUT2D eigenvalue weighted by Crippen LogP contribution is 2.40. The second kappa shape index (κ2) is 10.4. The molecule has 182 valence electrons. The Labute approximate surface area is 209 Å². The van der Waals surface area contributed by atoms with Gasteiger partial charge in [0.1, 0.15) is 29.5 Å². The molecule has 35 heavy (non-hydrogen) atoms. The molecule has 1 fully saturated rings. The average molecular weight is 518 g/mol. The first-order valence-corrected chi connectivity index (χ1v) is 11.9. The second-order valence-corrected chi connectivity index (χ2v) is 9.37. The molecule has 2 aromatic carbocycles. The highest BCUT2D eigenvalue weighted by atomic mass is 35.5. The van der Waals surface area contributed by atoms with Crippen molar-refractivity contribution >= 4 is 46.8 Å². The fourth-order valence-corrected chi connectivity index (χ4v) is 5.01. The first kappa shape index (κ1) is 24.6. The fourth-order valence-electron chi connectivity index (χ4n) is 3.59. The summed E-state index contributed by atoms with van der Waals surface area (Å²) in [7, 11) is 0. The van der Waals surface area contributed by atoms with Crippen LogP contribution in [-0.2, 0) is 25.7 Å². The lowest BCUT2D eigenvalue weighted by Crippen LogP contribution is -2.70. The number of amides is 2. The van der Waals surface area contributed by atoms with E-state index in [4.69, 9.17) is 21.1 Å². The number of hydrogen-bond acceptors (Lipinski definition) is 8. The average Bonchev–Trinajstić information content (AvgIpc) is 2.85. The Morgan fingerprint density at radius 2 is 1.89 bits per heavy atom. The SMILES string of the molecule is CC1=C(C(=O)OCc2ccc([N+](=O)[O-])cc2)N2C(=O)C(NC(=O)COc3ccc(Cl)cc3)[C@H]2SC1. The van der Waals surface area contributed by atoms with Gasteiger partial charge in [-0.1, -0.05) is 11.6 Å². The number of carbonyl (C=O) groups is 3. The van der Waals surface area contributed by atoms with Crippen molar-refractivity contribution in [3.63, 3.8) is 0 Å². The van der Waals surface area contributed by atoms with E-state index in [1.807, 2.05) is 0 Å². The number of carbonyl (C=O) groups excluding carboxylic acids is 3. The van der Waals surface area contributed by atoms with Crippen LogP contribution in [0.25, 0.3) is 0 Å². The van der Waals surface area contributed by atoms with Gasteiger partial charge in [-0.3, -0.25) is 24.6 Å². The predicted molar refractivity (Wildman–Crippen MR) is 128 cm³/mol. The van der Waals surface area contributed by atoms with Gasteiger partial charge in [0.15, 0.2) is 6.61 Å². The first-order chi connectivity index (χ1) is 16.7. The molecule has 1 saturated heterocycles. The predicted octanol–water partition coefficient (Wildman–Crippen LogP) is 3.04. The van der Waals surface area contributed by atoms with Gasteiger partial charge in [-0.15, -0.1) is 11.8 Å². The zero-order valence-corrected chi connectivity index (χ0v) is 20.0. The Bertz CT molecular complexity index is 1200. The minimum atomic E-state index is -0.785. The van der Waals surface area contributed by atoms with Crippen LogP contribution < -0.4 is 10.1 Å². The van der Waals surface area contributed by atoms with E-state index in [1.165, 1.54) is 40.9 Å². The molecule has 2 atom stereocenters.